The molecule has 0 aliphatic carbocycles. The Hall–Kier alpha value is -2.93. The molecule has 3 heterocycles. The van der Waals surface area contributed by atoms with E-state index < -0.39 is 0 Å². The van der Waals surface area contributed by atoms with E-state index in [1.807, 2.05) is 59.1 Å². The molecule has 1 aromatic carbocycles. The van der Waals surface area contributed by atoms with E-state index in [2.05, 4.69) is 15.2 Å². The lowest BCUT2D eigenvalue weighted by Crippen LogP contribution is -2.44. The molecule has 1 amide bonds. The van der Waals surface area contributed by atoms with Gasteiger partial charge in [-0.15, -0.1) is 0 Å². The van der Waals surface area contributed by atoms with Crippen LogP contribution in [-0.4, -0.2) is 50.3 Å². The Kier molecular flexibility index (Phi) is 4.07. The average molecular weight is 337 g/mol. The van der Waals surface area contributed by atoms with Gasteiger partial charge in [0, 0.05) is 36.6 Å². The summed E-state index contributed by atoms with van der Waals surface area (Å²) in [5.74, 6) is 0.700. The molecule has 1 saturated heterocycles. The molecule has 1 N–H and O–H groups in total. The standard InChI is InChI=1S/C18H19N5O2/c1-22-8-2-3-15(22)16-11-25-10-9-23(16)18(24)14-6-4-13(5-7-14)17-19-12-20-21-17/h2-8,12,16H,9-11H2,1H3,(H,19,20,21). The summed E-state index contributed by atoms with van der Waals surface area (Å²) in [7, 11) is 1.98. The van der Waals surface area contributed by atoms with E-state index in [-0.39, 0.29) is 11.9 Å². The predicted octanol–water partition coefficient (Wildman–Crippen LogP) is 2.02. The second-order valence-corrected chi connectivity index (χ2v) is 6.04. The minimum Gasteiger partial charge on any atom is -0.377 e. The Bertz CT molecular complexity index is 854. The van der Waals surface area contributed by atoms with Gasteiger partial charge in [-0.1, -0.05) is 12.1 Å². The van der Waals surface area contributed by atoms with Crippen molar-refractivity contribution in [2.75, 3.05) is 19.8 Å². The topological polar surface area (TPSA) is 76.0 Å². The molecule has 0 radical (unpaired) electrons. The van der Waals surface area contributed by atoms with Crippen molar-refractivity contribution in [3.05, 3.63) is 60.2 Å². The van der Waals surface area contributed by atoms with Crippen LogP contribution in [0.2, 0.25) is 0 Å². The SMILES string of the molecule is Cn1cccc1C1COCCN1C(=O)c1ccc(-c2ncn[nH]2)cc1. The number of aromatic nitrogens is 4. The lowest BCUT2D eigenvalue weighted by molar-refractivity contribution is -0.00463. The molecule has 128 valence electrons. The van der Waals surface area contributed by atoms with Crippen LogP contribution in [0.15, 0.2) is 48.9 Å². The van der Waals surface area contributed by atoms with Crippen molar-refractivity contribution in [2.24, 2.45) is 7.05 Å². The summed E-state index contributed by atoms with van der Waals surface area (Å²) in [6, 6.07) is 11.4. The average Bonchev–Trinajstić information content (AvgIpc) is 3.33. The Morgan fingerprint density at radius 2 is 2.12 bits per heavy atom. The van der Waals surface area contributed by atoms with Crippen LogP contribution in [0.1, 0.15) is 22.1 Å². The predicted molar refractivity (Wildman–Crippen MR) is 91.8 cm³/mol. The molecule has 2 aromatic heterocycles. The minimum atomic E-state index is -0.0739. The smallest absolute Gasteiger partial charge is 0.254 e. The van der Waals surface area contributed by atoms with Crippen molar-refractivity contribution >= 4 is 5.91 Å². The van der Waals surface area contributed by atoms with Gasteiger partial charge in [0.15, 0.2) is 5.82 Å². The number of hydrogen-bond donors (Lipinski definition) is 1. The highest BCUT2D eigenvalue weighted by molar-refractivity contribution is 5.95. The van der Waals surface area contributed by atoms with Crippen molar-refractivity contribution in [3.8, 4) is 11.4 Å². The highest BCUT2D eigenvalue weighted by atomic mass is 16.5. The summed E-state index contributed by atoms with van der Waals surface area (Å²) in [4.78, 5) is 19.1. The third-order valence-electron chi connectivity index (χ3n) is 4.53. The Morgan fingerprint density at radius 1 is 1.28 bits per heavy atom. The van der Waals surface area contributed by atoms with Gasteiger partial charge in [0.2, 0.25) is 0 Å². The molecule has 0 saturated carbocycles. The third kappa shape index (κ3) is 2.94. The van der Waals surface area contributed by atoms with Crippen LogP contribution in [0.5, 0.6) is 0 Å². The molecule has 1 aliphatic heterocycles. The van der Waals surface area contributed by atoms with Crippen LogP contribution < -0.4 is 0 Å². The minimum absolute atomic E-state index is 0.0126. The number of aryl methyl sites for hydroxylation is 1. The highest BCUT2D eigenvalue weighted by Gasteiger charge is 2.30. The maximum Gasteiger partial charge on any atom is 0.254 e. The summed E-state index contributed by atoms with van der Waals surface area (Å²) >= 11 is 0. The van der Waals surface area contributed by atoms with Gasteiger partial charge in [-0.2, -0.15) is 5.10 Å². The Balaban J connectivity index is 1.59. The number of morpholine rings is 1. The molecule has 0 spiro atoms. The normalized spacial score (nSPS) is 17.6. The van der Waals surface area contributed by atoms with Crippen LogP contribution in [0.25, 0.3) is 11.4 Å². The van der Waals surface area contributed by atoms with Crippen LogP contribution in [0, 0.1) is 0 Å². The molecule has 0 bridgehead atoms. The number of nitrogens with one attached hydrogen (secondary N) is 1. The van der Waals surface area contributed by atoms with Crippen LogP contribution in [-0.2, 0) is 11.8 Å². The number of nitrogens with zero attached hydrogens (tertiary/aromatic N) is 4. The van der Waals surface area contributed by atoms with Gasteiger partial charge in [0.25, 0.3) is 5.91 Å². The van der Waals surface area contributed by atoms with Crippen molar-refractivity contribution < 1.29 is 9.53 Å². The second-order valence-electron chi connectivity index (χ2n) is 6.04. The molecule has 3 aromatic rings. The van der Waals surface area contributed by atoms with E-state index in [0.29, 0.717) is 31.1 Å². The van der Waals surface area contributed by atoms with E-state index in [0.717, 1.165) is 11.3 Å². The fourth-order valence-corrected chi connectivity index (χ4v) is 3.19. The lowest BCUT2D eigenvalue weighted by atomic mass is 10.1. The molecule has 1 unspecified atom stereocenters. The van der Waals surface area contributed by atoms with Gasteiger partial charge in [0.1, 0.15) is 6.33 Å². The molecule has 1 atom stereocenters. The van der Waals surface area contributed by atoms with E-state index >= 15 is 0 Å². The quantitative estimate of drug-likeness (QED) is 0.793. The zero-order valence-electron chi connectivity index (χ0n) is 13.9. The van der Waals surface area contributed by atoms with Gasteiger partial charge >= 0.3 is 0 Å². The first-order chi connectivity index (χ1) is 12.2. The second kappa shape index (κ2) is 6.52. The number of carbonyl (C=O) groups is 1. The van der Waals surface area contributed by atoms with E-state index in [4.69, 9.17) is 4.74 Å². The maximum absolute atomic E-state index is 13.0. The van der Waals surface area contributed by atoms with Crippen molar-refractivity contribution in [1.82, 2.24) is 24.6 Å². The van der Waals surface area contributed by atoms with Gasteiger partial charge in [0.05, 0.1) is 19.3 Å². The molecule has 7 nitrogen and oxygen atoms in total. The van der Waals surface area contributed by atoms with Crippen molar-refractivity contribution in [3.63, 3.8) is 0 Å². The summed E-state index contributed by atoms with van der Waals surface area (Å²) in [6.45, 7) is 1.65. The third-order valence-corrected chi connectivity index (χ3v) is 4.53. The summed E-state index contributed by atoms with van der Waals surface area (Å²) < 4.78 is 7.65. The number of H-pyrrole nitrogens is 1. The number of hydrogen-bond acceptors (Lipinski definition) is 4. The zero-order valence-corrected chi connectivity index (χ0v) is 13.9. The number of amides is 1. The fraction of sp³-hybridized carbons (Fsp3) is 0.278. The highest BCUT2D eigenvalue weighted by Crippen LogP contribution is 2.26. The molecule has 7 heteroatoms. The molecular weight excluding hydrogens is 318 g/mol. The molecule has 25 heavy (non-hydrogen) atoms. The molecular formula is C18H19N5O2. The number of rotatable bonds is 3. The fourth-order valence-electron chi connectivity index (χ4n) is 3.19. The number of carbonyl (C=O) groups excluding carboxylic acids is 1. The zero-order chi connectivity index (χ0) is 17.2. The van der Waals surface area contributed by atoms with Crippen LogP contribution in [0.3, 0.4) is 0 Å². The van der Waals surface area contributed by atoms with Gasteiger partial charge in [-0.25, -0.2) is 4.98 Å². The maximum atomic E-state index is 13.0. The Morgan fingerprint density at radius 3 is 2.80 bits per heavy atom. The van der Waals surface area contributed by atoms with Gasteiger partial charge < -0.3 is 14.2 Å². The molecule has 1 aliphatic rings. The summed E-state index contributed by atoms with van der Waals surface area (Å²) in [5, 5.41) is 6.67. The van der Waals surface area contributed by atoms with E-state index in [1.165, 1.54) is 6.33 Å². The first kappa shape index (κ1) is 15.6. The number of ether oxygens (including phenoxy) is 1. The van der Waals surface area contributed by atoms with Crippen LogP contribution in [0.4, 0.5) is 0 Å². The largest absolute Gasteiger partial charge is 0.377 e. The molecule has 4 rings (SSSR count). The monoisotopic (exact) mass is 337 g/mol. The van der Waals surface area contributed by atoms with E-state index in [1.54, 1.807) is 0 Å². The van der Waals surface area contributed by atoms with Gasteiger partial charge in [-0.3, -0.25) is 9.89 Å². The summed E-state index contributed by atoms with van der Waals surface area (Å²) in [6.07, 6.45) is 3.45. The summed E-state index contributed by atoms with van der Waals surface area (Å²) in [5.41, 5.74) is 2.63. The van der Waals surface area contributed by atoms with Crippen molar-refractivity contribution in [1.29, 1.82) is 0 Å². The van der Waals surface area contributed by atoms with E-state index in [9.17, 15) is 4.79 Å². The lowest BCUT2D eigenvalue weighted by Gasteiger charge is -2.36. The van der Waals surface area contributed by atoms with Gasteiger partial charge in [-0.05, 0) is 24.3 Å². The first-order valence-electron chi connectivity index (χ1n) is 8.20. The number of benzene rings is 1. The number of aromatic amines is 1. The first-order valence-corrected chi connectivity index (χ1v) is 8.20. The molecule has 1 fully saturated rings. The Labute approximate surface area is 145 Å². The van der Waals surface area contributed by atoms with Crippen molar-refractivity contribution in [2.45, 2.75) is 6.04 Å². The van der Waals surface area contributed by atoms with Crippen LogP contribution >= 0.6 is 0 Å².